The largest absolute Gasteiger partial charge is 0.441 e. The van der Waals surface area contributed by atoms with E-state index in [1.165, 1.54) is 12.3 Å². The molecule has 1 aromatic carbocycles. The Labute approximate surface area is 158 Å². The molecular formula is C20H27F2N3O2. The van der Waals surface area contributed by atoms with Crippen molar-refractivity contribution in [3.05, 3.63) is 41.9 Å². The molecule has 1 amide bonds. The number of hydrogen-bond donors (Lipinski definition) is 1. The molecule has 0 spiro atoms. The summed E-state index contributed by atoms with van der Waals surface area (Å²) in [6, 6.07) is 4.09. The highest BCUT2D eigenvalue weighted by atomic mass is 19.1. The summed E-state index contributed by atoms with van der Waals surface area (Å²) >= 11 is 0. The van der Waals surface area contributed by atoms with Crippen LogP contribution < -0.4 is 5.32 Å². The van der Waals surface area contributed by atoms with E-state index in [1.54, 1.807) is 0 Å². The van der Waals surface area contributed by atoms with Gasteiger partial charge >= 0.3 is 0 Å². The third-order valence-electron chi connectivity index (χ3n) is 4.33. The summed E-state index contributed by atoms with van der Waals surface area (Å²) in [6.45, 7) is 9.89. The number of amides is 1. The maximum Gasteiger partial charge on any atom is 0.220 e. The van der Waals surface area contributed by atoms with Gasteiger partial charge in [-0.2, -0.15) is 0 Å². The minimum atomic E-state index is -0.713. The Kier molecular flexibility index (Phi) is 7.47. The van der Waals surface area contributed by atoms with Crippen molar-refractivity contribution in [3.63, 3.8) is 0 Å². The van der Waals surface area contributed by atoms with E-state index >= 15 is 0 Å². The monoisotopic (exact) mass is 379 g/mol. The van der Waals surface area contributed by atoms with Crippen LogP contribution in [0.3, 0.4) is 0 Å². The molecule has 2 rings (SSSR count). The van der Waals surface area contributed by atoms with Crippen LogP contribution in [0.4, 0.5) is 8.78 Å². The third-order valence-corrected chi connectivity index (χ3v) is 4.33. The summed E-state index contributed by atoms with van der Waals surface area (Å²) in [5.41, 5.74) is 0.141. The number of oxazole rings is 1. The lowest BCUT2D eigenvalue weighted by molar-refractivity contribution is -0.121. The van der Waals surface area contributed by atoms with Crippen molar-refractivity contribution in [1.29, 1.82) is 0 Å². The Morgan fingerprint density at radius 3 is 2.56 bits per heavy atom. The van der Waals surface area contributed by atoms with Crippen molar-refractivity contribution in [2.75, 3.05) is 13.1 Å². The molecule has 0 atom stereocenters. The average molecular weight is 379 g/mol. The number of nitrogens with one attached hydrogen (secondary N) is 1. The maximum atomic E-state index is 13.8. The molecule has 0 bridgehead atoms. The summed E-state index contributed by atoms with van der Waals surface area (Å²) in [5, 5.41) is 2.90. The summed E-state index contributed by atoms with van der Waals surface area (Å²) in [7, 11) is 0. The summed E-state index contributed by atoms with van der Waals surface area (Å²) in [6.07, 6.45) is 1.93. The van der Waals surface area contributed by atoms with Crippen molar-refractivity contribution < 1.29 is 18.0 Å². The highest BCUT2D eigenvalue weighted by molar-refractivity contribution is 5.76. The minimum Gasteiger partial charge on any atom is -0.441 e. The molecule has 0 saturated carbocycles. The lowest BCUT2D eigenvalue weighted by atomic mass is 10.2. The summed E-state index contributed by atoms with van der Waals surface area (Å²) in [5.74, 6) is -0.895. The van der Waals surface area contributed by atoms with Crippen LogP contribution in [0.25, 0.3) is 11.3 Å². The second kappa shape index (κ2) is 9.60. The van der Waals surface area contributed by atoms with Gasteiger partial charge in [0.05, 0.1) is 11.8 Å². The molecular weight excluding hydrogens is 352 g/mol. The van der Waals surface area contributed by atoms with Crippen LogP contribution in [0.2, 0.25) is 0 Å². The molecule has 0 radical (unpaired) electrons. The summed E-state index contributed by atoms with van der Waals surface area (Å²) in [4.78, 5) is 18.4. The number of hydrogen-bond acceptors (Lipinski definition) is 4. The van der Waals surface area contributed by atoms with E-state index in [-0.39, 0.29) is 23.7 Å². The van der Waals surface area contributed by atoms with Gasteiger partial charge in [-0.3, -0.25) is 9.69 Å². The van der Waals surface area contributed by atoms with Gasteiger partial charge in [-0.25, -0.2) is 13.8 Å². The SMILES string of the molecule is CC(C)N(CCNC(=O)CCc1ncc(-c2ccc(F)cc2F)o1)C(C)C. The van der Waals surface area contributed by atoms with Crippen LogP contribution in [0, 0.1) is 11.6 Å². The predicted molar refractivity (Wildman–Crippen MR) is 100 cm³/mol. The van der Waals surface area contributed by atoms with Gasteiger partial charge in [0, 0.05) is 44.1 Å². The molecule has 0 saturated heterocycles. The molecule has 1 aromatic heterocycles. The number of rotatable bonds is 9. The number of benzene rings is 1. The number of halogens is 2. The average Bonchev–Trinajstić information content (AvgIpc) is 3.04. The van der Waals surface area contributed by atoms with Crippen molar-refractivity contribution in [2.45, 2.75) is 52.6 Å². The fourth-order valence-electron chi connectivity index (χ4n) is 2.99. The molecule has 7 heteroatoms. The zero-order valence-corrected chi connectivity index (χ0v) is 16.3. The molecule has 1 heterocycles. The molecule has 2 aromatic rings. The molecule has 5 nitrogen and oxygen atoms in total. The zero-order valence-electron chi connectivity index (χ0n) is 16.3. The van der Waals surface area contributed by atoms with Gasteiger partial charge in [-0.05, 0) is 39.8 Å². The zero-order chi connectivity index (χ0) is 20.0. The van der Waals surface area contributed by atoms with Crippen molar-refractivity contribution >= 4 is 5.91 Å². The van der Waals surface area contributed by atoms with Crippen LogP contribution in [0.1, 0.15) is 40.0 Å². The van der Waals surface area contributed by atoms with Crippen LogP contribution in [-0.2, 0) is 11.2 Å². The van der Waals surface area contributed by atoms with Crippen LogP contribution >= 0.6 is 0 Å². The van der Waals surface area contributed by atoms with Crippen LogP contribution in [0.5, 0.6) is 0 Å². The lowest BCUT2D eigenvalue weighted by Crippen LogP contribution is -2.42. The van der Waals surface area contributed by atoms with Crippen LogP contribution in [0.15, 0.2) is 28.8 Å². The standard InChI is InChI=1S/C20H27F2N3O2/c1-13(2)25(14(3)4)10-9-23-19(26)7-8-20-24-12-18(27-20)16-6-5-15(21)11-17(16)22/h5-6,11-14H,7-10H2,1-4H3,(H,23,26). The smallest absolute Gasteiger partial charge is 0.220 e. The van der Waals surface area contributed by atoms with Gasteiger partial charge < -0.3 is 9.73 Å². The maximum absolute atomic E-state index is 13.8. The first kappa shape index (κ1) is 21.0. The highest BCUT2D eigenvalue weighted by Crippen LogP contribution is 2.24. The van der Waals surface area contributed by atoms with Crippen LogP contribution in [-0.4, -0.2) is 41.0 Å². The van der Waals surface area contributed by atoms with Crippen molar-refractivity contribution in [3.8, 4) is 11.3 Å². The van der Waals surface area contributed by atoms with Gasteiger partial charge in [0.25, 0.3) is 0 Å². The van der Waals surface area contributed by atoms with Gasteiger partial charge in [0.2, 0.25) is 5.91 Å². The highest BCUT2D eigenvalue weighted by Gasteiger charge is 2.15. The summed E-state index contributed by atoms with van der Waals surface area (Å²) < 4.78 is 32.3. The molecule has 1 N–H and O–H groups in total. The lowest BCUT2D eigenvalue weighted by Gasteiger charge is -2.30. The van der Waals surface area contributed by atoms with E-state index in [0.29, 0.717) is 30.9 Å². The Morgan fingerprint density at radius 1 is 1.22 bits per heavy atom. The molecule has 0 aliphatic heterocycles. The number of carbonyl (C=O) groups is 1. The number of aryl methyl sites for hydroxylation is 1. The molecule has 0 unspecified atom stereocenters. The van der Waals surface area contributed by atoms with E-state index in [0.717, 1.165) is 18.7 Å². The Bertz CT molecular complexity index is 751. The fourth-order valence-corrected chi connectivity index (χ4v) is 2.99. The van der Waals surface area contributed by atoms with E-state index in [9.17, 15) is 13.6 Å². The minimum absolute atomic E-state index is 0.0878. The molecule has 0 aliphatic carbocycles. The van der Waals surface area contributed by atoms with E-state index in [1.807, 2.05) is 0 Å². The third kappa shape index (κ3) is 6.13. The van der Waals surface area contributed by atoms with Crippen molar-refractivity contribution in [2.24, 2.45) is 0 Å². The first-order valence-electron chi connectivity index (χ1n) is 9.20. The fraction of sp³-hybridized carbons (Fsp3) is 0.500. The van der Waals surface area contributed by atoms with Gasteiger partial charge in [0.1, 0.15) is 11.6 Å². The molecule has 0 fully saturated rings. The Hall–Kier alpha value is -2.28. The van der Waals surface area contributed by atoms with E-state index in [2.05, 4.69) is 42.9 Å². The predicted octanol–water partition coefficient (Wildman–Crippen LogP) is 3.79. The van der Waals surface area contributed by atoms with Gasteiger partial charge in [0.15, 0.2) is 11.7 Å². The van der Waals surface area contributed by atoms with Gasteiger partial charge in [-0.1, -0.05) is 0 Å². The van der Waals surface area contributed by atoms with E-state index < -0.39 is 11.6 Å². The number of carbonyl (C=O) groups excluding carboxylic acids is 1. The van der Waals surface area contributed by atoms with E-state index in [4.69, 9.17) is 4.42 Å². The molecule has 148 valence electrons. The Morgan fingerprint density at radius 2 is 1.93 bits per heavy atom. The topological polar surface area (TPSA) is 58.4 Å². The molecule has 0 aliphatic rings. The quantitative estimate of drug-likeness (QED) is 0.720. The van der Waals surface area contributed by atoms with Crippen molar-refractivity contribution in [1.82, 2.24) is 15.2 Å². The first-order chi connectivity index (χ1) is 12.8. The van der Waals surface area contributed by atoms with Gasteiger partial charge in [-0.15, -0.1) is 0 Å². The Balaban J connectivity index is 1.81. The second-order valence-corrected chi connectivity index (χ2v) is 7.02. The molecule has 27 heavy (non-hydrogen) atoms. The number of aromatic nitrogens is 1. The normalized spacial score (nSPS) is 11.6. The number of nitrogens with zero attached hydrogens (tertiary/aromatic N) is 2. The first-order valence-corrected chi connectivity index (χ1v) is 9.20. The second-order valence-electron chi connectivity index (χ2n) is 7.02.